The van der Waals surface area contributed by atoms with Crippen molar-refractivity contribution >= 4 is 17.5 Å². The van der Waals surface area contributed by atoms with Gasteiger partial charge in [0, 0.05) is 49.7 Å². The van der Waals surface area contributed by atoms with Crippen LogP contribution in [0.3, 0.4) is 0 Å². The van der Waals surface area contributed by atoms with E-state index in [4.69, 9.17) is 26.3 Å². The van der Waals surface area contributed by atoms with E-state index in [9.17, 15) is 4.79 Å². The molecule has 2 aromatic carbocycles. The topological polar surface area (TPSA) is 65.8 Å². The molecule has 1 aliphatic rings. The van der Waals surface area contributed by atoms with Gasteiger partial charge in [-0.15, -0.1) is 0 Å². The highest BCUT2D eigenvalue weighted by Crippen LogP contribution is 2.29. The van der Waals surface area contributed by atoms with Gasteiger partial charge in [0.2, 0.25) is 5.91 Å². The highest BCUT2D eigenvalue weighted by Gasteiger charge is 2.25. The smallest absolute Gasteiger partial charge is 0.222 e. The fourth-order valence-corrected chi connectivity index (χ4v) is 4.08. The molecule has 1 heterocycles. The lowest BCUT2D eigenvalue weighted by molar-refractivity contribution is -0.133. The number of rotatable bonds is 8. The first-order valence-corrected chi connectivity index (χ1v) is 10.9. The predicted octanol–water partition coefficient (Wildman–Crippen LogP) is 4.28. The molecule has 0 aliphatic carbocycles. The van der Waals surface area contributed by atoms with Crippen molar-refractivity contribution in [2.45, 2.75) is 25.8 Å². The summed E-state index contributed by atoms with van der Waals surface area (Å²) in [6.07, 6.45) is 1.07. The molecule has 0 aromatic heterocycles. The van der Waals surface area contributed by atoms with Crippen molar-refractivity contribution in [2.75, 3.05) is 39.9 Å². The number of hydrogen-bond donors (Lipinski definition) is 0. The number of benzene rings is 2. The van der Waals surface area contributed by atoms with Crippen molar-refractivity contribution in [3.8, 4) is 17.6 Å². The van der Waals surface area contributed by atoms with E-state index in [1.165, 1.54) is 0 Å². The van der Waals surface area contributed by atoms with Crippen molar-refractivity contribution in [1.29, 1.82) is 5.26 Å². The third-order valence-corrected chi connectivity index (χ3v) is 6.00. The van der Waals surface area contributed by atoms with Crippen LogP contribution in [-0.4, -0.2) is 55.6 Å². The molecule has 1 atom stereocenters. The van der Waals surface area contributed by atoms with Crippen molar-refractivity contribution < 1.29 is 14.3 Å². The molecule has 31 heavy (non-hydrogen) atoms. The van der Waals surface area contributed by atoms with E-state index < -0.39 is 0 Å². The Morgan fingerprint density at radius 1 is 1.16 bits per heavy atom. The summed E-state index contributed by atoms with van der Waals surface area (Å²) < 4.78 is 11.0. The molecule has 1 unspecified atom stereocenters. The second kappa shape index (κ2) is 11.0. The van der Waals surface area contributed by atoms with Gasteiger partial charge in [0.05, 0.1) is 25.3 Å². The number of carbonyl (C=O) groups is 1. The minimum Gasteiger partial charge on any atom is -0.493 e. The maximum absolute atomic E-state index is 12.6. The van der Waals surface area contributed by atoms with Gasteiger partial charge >= 0.3 is 0 Å². The normalized spacial score (nSPS) is 15.2. The van der Waals surface area contributed by atoms with E-state index in [2.05, 4.69) is 24.0 Å². The van der Waals surface area contributed by atoms with Crippen molar-refractivity contribution in [3.05, 3.63) is 58.6 Å². The molecule has 0 bridgehead atoms. The molecular formula is C24H28ClN3O3. The SMILES string of the molecule is COc1cc(C#N)ccc1OCCCC(=O)N1CCN(C(C)c2ccccc2Cl)CC1. The lowest BCUT2D eigenvalue weighted by Crippen LogP contribution is -2.49. The maximum Gasteiger partial charge on any atom is 0.222 e. The summed E-state index contributed by atoms with van der Waals surface area (Å²) in [6.45, 7) is 5.68. The largest absolute Gasteiger partial charge is 0.493 e. The highest BCUT2D eigenvalue weighted by molar-refractivity contribution is 6.31. The lowest BCUT2D eigenvalue weighted by Gasteiger charge is -2.38. The number of piperazine rings is 1. The quantitative estimate of drug-likeness (QED) is 0.572. The third kappa shape index (κ3) is 5.90. The summed E-state index contributed by atoms with van der Waals surface area (Å²) in [7, 11) is 1.54. The Hall–Kier alpha value is -2.75. The first-order valence-electron chi connectivity index (χ1n) is 10.5. The summed E-state index contributed by atoms with van der Waals surface area (Å²) in [5.41, 5.74) is 1.64. The standard InChI is InChI=1S/C24H28ClN3O3/c1-18(20-6-3-4-7-21(20)25)27-11-13-28(14-12-27)24(29)8-5-15-31-22-10-9-19(17-26)16-23(22)30-2/h3-4,6-7,9-10,16,18H,5,8,11-15H2,1-2H3. The van der Waals surface area contributed by atoms with Crippen molar-refractivity contribution in [2.24, 2.45) is 0 Å². The van der Waals surface area contributed by atoms with Crippen LogP contribution in [0.25, 0.3) is 0 Å². The molecule has 0 spiro atoms. The van der Waals surface area contributed by atoms with Gasteiger partial charge in [-0.3, -0.25) is 9.69 Å². The van der Waals surface area contributed by atoms with Gasteiger partial charge in [0.1, 0.15) is 0 Å². The van der Waals surface area contributed by atoms with E-state index in [1.807, 2.05) is 23.1 Å². The second-order valence-corrected chi connectivity index (χ2v) is 7.95. The van der Waals surface area contributed by atoms with E-state index in [0.717, 1.165) is 36.8 Å². The van der Waals surface area contributed by atoms with Crippen molar-refractivity contribution in [1.82, 2.24) is 9.80 Å². The Balaban J connectivity index is 1.42. The molecule has 0 saturated carbocycles. The van der Waals surface area contributed by atoms with Crippen LogP contribution in [-0.2, 0) is 4.79 Å². The Morgan fingerprint density at radius 2 is 1.90 bits per heavy atom. The van der Waals surface area contributed by atoms with Crippen LogP contribution in [0.2, 0.25) is 5.02 Å². The van der Waals surface area contributed by atoms with Crippen LogP contribution in [0.4, 0.5) is 0 Å². The van der Waals surface area contributed by atoms with E-state index in [1.54, 1.807) is 25.3 Å². The Kier molecular flexibility index (Phi) is 8.16. The molecule has 164 valence electrons. The van der Waals surface area contributed by atoms with Crippen LogP contribution >= 0.6 is 11.6 Å². The van der Waals surface area contributed by atoms with Crippen LogP contribution < -0.4 is 9.47 Å². The molecule has 0 radical (unpaired) electrons. The summed E-state index contributed by atoms with van der Waals surface area (Å²) in [5.74, 6) is 1.26. The number of nitriles is 1. The first-order chi connectivity index (χ1) is 15.0. The number of carbonyl (C=O) groups excluding carboxylic acids is 1. The van der Waals surface area contributed by atoms with E-state index in [0.29, 0.717) is 36.5 Å². The van der Waals surface area contributed by atoms with Gasteiger partial charge in [-0.25, -0.2) is 0 Å². The molecule has 1 aliphatic heterocycles. The highest BCUT2D eigenvalue weighted by atomic mass is 35.5. The van der Waals surface area contributed by atoms with Gasteiger partial charge in [0.15, 0.2) is 11.5 Å². The van der Waals surface area contributed by atoms with Gasteiger partial charge in [-0.1, -0.05) is 29.8 Å². The monoisotopic (exact) mass is 441 g/mol. The summed E-state index contributed by atoms with van der Waals surface area (Å²) in [4.78, 5) is 16.9. The Labute approximate surface area is 188 Å². The fraction of sp³-hybridized carbons (Fsp3) is 0.417. The van der Waals surface area contributed by atoms with E-state index >= 15 is 0 Å². The predicted molar refractivity (Wildman–Crippen MR) is 120 cm³/mol. The zero-order chi connectivity index (χ0) is 22.2. The minimum absolute atomic E-state index is 0.153. The molecule has 1 amide bonds. The average molecular weight is 442 g/mol. The van der Waals surface area contributed by atoms with Gasteiger partial charge in [-0.2, -0.15) is 5.26 Å². The molecule has 3 rings (SSSR count). The third-order valence-electron chi connectivity index (χ3n) is 5.66. The zero-order valence-electron chi connectivity index (χ0n) is 18.0. The van der Waals surface area contributed by atoms with Gasteiger partial charge < -0.3 is 14.4 Å². The number of methoxy groups -OCH3 is 1. The summed E-state index contributed by atoms with van der Waals surface area (Å²) >= 11 is 6.34. The number of ether oxygens (including phenoxy) is 2. The Morgan fingerprint density at radius 3 is 2.58 bits per heavy atom. The summed E-state index contributed by atoms with van der Waals surface area (Å²) in [5, 5.41) is 9.75. The average Bonchev–Trinajstić information content (AvgIpc) is 2.81. The van der Waals surface area contributed by atoms with Crippen LogP contribution in [0.5, 0.6) is 11.5 Å². The number of hydrogen-bond acceptors (Lipinski definition) is 5. The Bertz CT molecular complexity index is 936. The zero-order valence-corrected chi connectivity index (χ0v) is 18.8. The summed E-state index contributed by atoms with van der Waals surface area (Å²) in [6, 6.07) is 15.3. The van der Waals surface area contributed by atoms with Crippen LogP contribution in [0.15, 0.2) is 42.5 Å². The van der Waals surface area contributed by atoms with Crippen LogP contribution in [0, 0.1) is 11.3 Å². The number of amides is 1. The number of halogens is 1. The molecule has 2 aromatic rings. The molecule has 6 nitrogen and oxygen atoms in total. The van der Waals surface area contributed by atoms with Crippen LogP contribution in [0.1, 0.15) is 36.9 Å². The second-order valence-electron chi connectivity index (χ2n) is 7.54. The molecule has 7 heteroatoms. The van der Waals surface area contributed by atoms with Gasteiger partial charge in [-0.05, 0) is 37.1 Å². The molecule has 0 N–H and O–H groups in total. The minimum atomic E-state index is 0.153. The molecular weight excluding hydrogens is 414 g/mol. The van der Waals surface area contributed by atoms with Gasteiger partial charge in [0.25, 0.3) is 0 Å². The van der Waals surface area contributed by atoms with E-state index in [-0.39, 0.29) is 11.9 Å². The van der Waals surface area contributed by atoms with Crippen molar-refractivity contribution in [3.63, 3.8) is 0 Å². The fourth-order valence-electron chi connectivity index (χ4n) is 3.79. The number of nitrogens with zero attached hydrogens (tertiary/aromatic N) is 3. The lowest BCUT2D eigenvalue weighted by atomic mass is 10.1. The molecule has 1 saturated heterocycles. The molecule has 1 fully saturated rings. The first kappa shape index (κ1) is 22.9. The maximum atomic E-state index is 12.6.